The normalized spacial score (nSPS) is 15.2. The van der Waals surface area contributed by atoms with E-state index in [4.69, 9.17) is 5.11 Å². The molecule has 0 saturated carbocycles. The summed E-state index contributed by atoms with van der Waals surface area (Å²) in [5, 5.41) is 76.6. The lowest BCUT2D eigenvalue weighted by atomic mass is 10.0. The fraction of sp³-hybridized carbons (Fsp3) is 0.466. The summed E-state index contributed by atoms with van der Waals surface area (Å²) >= 11 is 0. The smallest absolute Gasteiger partial charge is 0.326 e. The molecule has 0 aromatic heterocycles. The van der Waals surface area contributed by atoms with E-state index in [0.29, 0.717) is 16.7 Å². The SMILES string of the molecule is O=C(O)CC[C@H](NC(=O)N[C@@H](CCC(=O)N[C@@H](Cc1ccccc1)C(=O)NCCNC(=O)CNC(=O)C(Cc1ccccc1)NC(=O)[C@H](Cc1ccccc1)NC(=O)CN1CCN(CC(=O)O)CCN(CC(=O)O)CCN(CC(=O)O)CC1)C(=O)O)C(=O)O. The Hall–Kier alpha value is -9.59. The van der Waals surface area contributed by atoms with Crippen LogP contribution in [0.15, 0.2) is 91.0 Å². The van der Waals surface area contributed by atoms with Gasteiger partial charge in [0.1, 0.15) is 30.2 Å². The Balaban J connectivity index is 1.39. The number of nitrogens with zero attached hydrogens (tertiary/aromatic N) is 4. The number of urea groups is 1. The summed E-state index contributed by atoms with van der Waals surface area (Å²) in [6, 6.07) is 17.5. The number of aliphatic carboxylic acids is 6. The monoisotopic (exact) mass is 1250 g/mol. The summed E-state index contributed by atoms with van der Waals surface area (Å²) < 4.78 is 0. The quantitative estimate of drug-likeness (QED) is 0.0259. The molecule has 3 aromatic carbocycles. The first-order chi connectivity index (χ1) is 42.4. The zero-order valence-corrected chi connectivity index (χ0v) is 48.9. The average Bonchev–Trinajstić information content (AvgIpc) is 3.47. The van der Waals surface area contributed by atoms with Crippen LogP contribution in [0.5, 0.6) is 0 Å². The van der Waals surface area contributed by atoms with E-state index in [1.54, 1.807) is 111 Å². The molecule has 1 fully saturated rings. The van der Waals surface area contributed by atoms with Crippen LogP contribution in [0.25, 0.3) is 0 Å². The van der Waals surface area contributed by atoms with Crippen LogP contribution >= 0.6 is 0 Å². The highest BCUT2D eigenvalue weighted by atomic mass is 16.4. The molecule has 1 saturated heterocycles. The molecule has 0 aliphatic carbocycles. The minimum Gasteiger partial charge on any atom is -0.481 e. The molecule has 1 unspecified atom stereocenters. The van der Waals surface area contributed by atoms with Gasteiger partial charge in [-0.1, -0.05) is 91.0 Å². The van der Waals surface area contributed by atoms with Crippen molar-refractivity contribution in [2.24, 2.45) is 0 Å². The van der Waals surface area contributed by atoms with Crippen LogP contribution in [0.3, 0.4) is 0 Å². The summed E-state index contributed by atoms with van der Waals surface area (Å²) in [6.45, 7) is -1.19. The van der Waals surface area contributed by atoms with Crippen LogP contribution in [0.1, 0.15) is 42.4 Å². The Kier molecular flexibility index (Phi) is 31.1. The van der Waals surface area contributed by atoms with Crippen molar-refractivity contribution in [1.82, 2.24) is 62.1 Å². The van der Waals surface area contributed by atoms with Gasteiger partial charge in [0.05, 0.1) is 32.7 Å². The van der Waals surface area contributed by atoms with E-state index >= 15 is 0 Å². The summed E-state index contributed by atoms with van der Waals surface area (Å²) in [5.74, 6) is -12.2. The van der Waals surface area contributed by atoms with Crippen molar-refractivity contribution in [2.45, 2.75) is 75.2 Å². The second-order valence-electron chi connectivity index (χ2n) is 20.9. The summed E-state index contributed by atoms with van der Waals surface area (Å²) in [7, 11) is 0. The summed E-state index contributed by atoms with van der Waals surface area (Å²) in [5.41, 5.74) is 1.90. The standard InChI is InChI=1S/C58H78N12O19/c71-46(18-16-41(56(85)86)65-58(89)66-42(57(87)88)17-19-49(74)75)62-43(30-38-10-4-1-5-11-38)53(82)60-21-20-59-47(72)33-61-54(83)44(31-39-12-6-2-7-13-39)64-55(84)45(32-40-14-8-3-9-15-40)63-48(73)34-67-22-24-68(35-50(76)77)26-28-70(37-52(80)81)29-27-69(25-23-67)36-51(78)79/h1-15,41-45H,16-37H2,(H,59,72)(H,60,82)(H,61,83)(H,62,71)(H,63,73)(H,64,84)(H,74,75)(H,76,77)(H,78,79)(H,80,81)(H,85,86)(H,87,88)(H2,65,66,89)/t41-,42-,43-,44?,45-/m0/s1. The van der Waals surface area contributed by atoms with E-state index in [1.807, 2.05) is 10.6 Å². The average molecular weight is 1250 g/mol. The molecular weight excluding hydrogens is 1170 g/mol. The van der Waals surface area contributed by atoms with Crippen LogP contribution in [0.2, 0.25) is 0 Å². The van der Waals surface area contributed by atoms with Crippen molar-refractivity contribution in [3.05, 3.63) is 108 Å². The van der Waals surface area contributed by atoms with Gasteiger partial charge in [-0.25, -0.2) is 14.4 Å². The molecule has 484 valence electrons. The van der Waals surface area contributed by atoms with Crippen molar-refractivity contribution < 1.29 is 93.0 Å². The second-order valence-corrected chi connectivity index (χ2v) is 20.9. The Bertz CT molecular complexity index is 2840. The van der Waals surface area contributed by atoms with E-state index < -0.39 is 140 Å². The van der Waals surface area contributed by atoms with E-state index in [1.165, 1.54) is 0 Å². The zero-order valence-electron chi connectivity index (χ0n) is 48.9. The van der Waals surface area contributed by atoms with Gasteiger partial charge in [-0.05, 0) is 29.5 Å². The van der Waals surface area contributed by atoms with Crippen LogP contribution in [-0.2, 0) is 76.8 Å². The van der Waals surface area contributed by atoms with E-state index in [0.717, 1.165) is 0 Å². The lowest BCUT2D eigenvalue weighted by Gasteiger charge is -2.33. The number of nitrogens with one attached hydrogen (secondary N) is 8. The predicted molar refractivity (Wildman–Crippen MR) is 315 cm³/mol. The van der Waals surface area contributed by atoms with Gasteiger partial charge in [0.15, 0.2) is 0 Å². The lowest BCUT2D eigenvalue weighted by Crippen LogP contribution is -2.57. The molecule has 1 aliphatic heterocycles. The number of carboxylic acid groups (broad SMARTS) is 6. The molecule has 0 bridgehead atoms. The first kappa shape index (κ1) is 71.9. The summed E-state index contributed by atoms with van der Waals surface area (Å²) in [4.78, 5) is 171. The van der Waals surface area contributed by atoms with Crippen molar-refractivity contribution in [3.8, 4) is 0 Å². The van der Waals surface area contributed by atoms with Gasteiger partial charge >= 0.3 is 41.8 Å². The maximum absolute atomic E-state index is 14.4. The third-order valence-electron chi connectivity index (χ3n) is 13.8. The number of benzene rings is 3. The number of hydrogen-bond acceptors (Lipinski definition) is 17. The third-order valence-corrected chi connectivity index (χ3v) is 13.8. The molecule has 89 heavy (non-hydrogen) atoms. The molecular formula is C58H78N12O19. The highest BCUT2D eigenvalue weighted by Gasteiger charge is 2.31. The van der Waals surface area contributed by atoms with Gasteiger partial charge in [-0.15, -0.1) is 0 Å². The van der Waals surface area contributed by atoms with E-state index in [-0.39, 0.29) is 111 Å². The number of rotatable bonds is 35. The molecule has 3 aromatic rings. The topological polar surface area (TPSA) is 452 Å². The van der Waals surface area contributed by atoms with Crippen LogP contribution in [-0.4, -0.2) is 256 Å². The van der Waals surface area contributed by atoms with E-state index in [9.17, 15) is 87.9 Å². The number of amides is 8. The van der Waals surface area contributed by atoms with Crippen LogP contribution in [0.4, 0.5) is 4.79 Å². The van der Waals surface area contributed by atoms with Gasteiger partial charge in [0, 0.05) is 97.6 Å². The number of carbonyl (C=O) groups excluding carboxylic acids is 7. The largest absolute Gasteiger partial charge is 0.481 e. The predicted octanol–water partition coefficient (Wildman–Crippen LogP) is -3.16. The third kappa shape index (κ3) is 29.6. The van der Waals surface area contributed by atoms with Gasteiger partial charge in [-0.2, -0.15) is 0 Å². The highest BCUT2D eigenvalue weighted by Crippen LogP contribution is 2.10. The Morgan fingerprint density at radius 3 is 1.09 bits per heavy atom. The van der Waals surface area contributed by atoms with Gasteiger partial charge in [-0.3, -0.25) is 67.5 Å². The molecule has 0 spiro atoms. The minimum absolute atomic E-state index is 0.0292. The van der Waals surface area contributed by atoms with Gasteiger partial charge in [0.2, 0.25) is 35.4 Å². The molecule has 1 aliphatic rings. The first-order valence-corrected chi connectivity index (χ1v) is 28.5. The summed E-state index contributed by atoms with van der Waals surface area (Å²) in [6.07, 6.45) is -2.24. The fourth-order valence-electron chi connectivity index (χ4n) is 9.22. The molecule has 8 amide bonds. The van der Waals surface area contributed by atoms with Crippen LogP contribution < -0.4 is 42.5 Å². The van der Waals surface area contributed by atoms with Gasteiger partial charge < -0.3 is 73.2 Å². The molecule has 4 rings (SSSR count). The van der Waals surface area contributed by atoms with Crippen molar-refractivity contribution >= 4 is 77.3 Å². The molecule has 31 nitrogen and oxygen atoms in total. The van der Waals surface area contributed by atoms with Crippen molar-refractivity contribution in [2.75, 3.05) is 98.2 Å². The molecule has 31 heteroatoms. The number of carbonyl (C=O) groups is 13. The van der Waals surface area contributed by atoms with Gasteiger partial charge in [0.25, 0.3) is 0 Å². The Morgan fingerprint density at radius 2 is 0.697 bits per heavy atom. The molecule has 0 radical (unpaired) electrons. The molecule has 5 atom stereocenters. The fourth-order valence-corrected chi connectivity index (χ4v) is 9.22. The highest BCUT2D eigenvalue weighted by molar-refractivity contribution is 5.94. The molecule has 14 N–H and O–H groups in total. The maximum Gasteiger partial charge on any atom is 0.326 e. The number of hydrogen-bond donors (Lipinski definition) is 14. The first-order valence-electron chi connectivity index (χ1n) is 28.5. The maximum atomic E-state index is 14.4. The van der Waals surface area contributed by atoms with Crippen molar-refractivity contribution in [3.63, 3.8) is 0 Å². The van der Waals surface area contributed by atoms with E-state index in [2.05, 4.69) is 31.9 Å². The Morgan fingerprint density at radius 1 is 0.348 bits per heavy atom. The number of carboxylic acids is 6. The lowest BCUT2D eigenvalue weighted by molar-refractivity contribution is -0.141. The second kappa shape index (κ2) is 38.5. The van der Waals surface area contributed by atoms with Crippen LogP contribution in [0, 0.1) is 0 Å². The zero-order chi connectivity index (χ0) is 65.3. The van der Waals surface area contributed by atoms with Crippen molar-refractivity contribution in [1.29, 1.82) is 0 Å². The molecule has 1 heterocycles. The minimum atomic E-state index is -1.70. The Labute approximate surface area is 511 Å².